The van der Waals surface area contributed by atoms with Gasteiger partial charge in [0.2, 0.25) is 0 Å². The lowest BCUT2D eigenvalue weighted by Gasteiger charge is -2.19. The van der Waals surface area contributed by atoms with E-state index in [0.717, 1.165) is 0 Å². The third-order valence-corrected chi connectivity index (χ3v) is 3.05. The average molecular weight is 301 g/mol. The molecule has 0 aromatic heterocycles. The highest BCUT2D eigenvalue weighted by Crippen LogP contribution is 2.39. The molecule has 0 aliphatic carbocycles. The molecule has 0 saturated heterocycles. The van der Waals surface area contributed by atoms with Crippen molar-refractivity contribution in [2.75, 3.05) is 14.2 Å². The Morgan fingerprint density at radius 3 is 2.14 bits per heavy atom. The van der Waals surface area contributed by atoms with Gasteiger partial charge in [-0.2, -0.15) is 0 Å². The van der Waals surface area contributed by atoms with Crippen LogP contribution in [0.2, 0.25) is 0 Å². The van der Waals surface area contributed by atoms with Crippen molar-refractivity contribution in [1.29, 1.82) is 0 Å². The van der Waals surface area contributed by atoms with E-state index in [-0.39, 0.29) is 28.2 Å². The van der Waals surface area contributed by atoms with Crippen LogP contribution in [0.15, 0.2) is 0 Å². The van der Waals surface area contributed by atoms with Crippen LogP contribution in [0.5, 0.6) is 11.5 Å². The molecule has 116 valence electrons. The van der Waals surface area contributed by atoms with E-state index in [1.165, 1.54) is 21.1 Å². The number of carboxylic acid groups (broad SMARTS) is 2. The summed E-state index contributed by atoms with van der Waals surface area (Å²) in [6.45, 7) is 1.42. The first-order chi connectivity index (χ1) is 9.76. The zero-order valence-corrected chi connectivity index (χ0v) is 11.8. The molecule has 1 aromatic carbocycles. The Kier molecular flexibility index (Phi) is 5.09. The summed E-state index contributed by atoms with van der Waals surface area (Å²) in [5.41, 5.74) is 4.80. The van der Waals surface area contributed by atoms with Gasteiger partial charge in [-0.1, -0.05) is 0 Å². The van der Waals surface area contributed by atoms with Gasteiger partial charge in [-0.15, -0.1) is 0 Å². The number of halogens is 1. The number of ether oxygens (including phenoxy) is 2. The van der Waals surface area contributed by atoms with Crippen LogP contribution in [-0.2, 0) is 11.2 Å². The van der Waals surface area contributed by atoms with Crippen molar-refractivity contribution in [1.82, 2.24) is 0 Å². The second-order valence-corrected chi connectivity index (χ2v) is 4.31. The highest BCUT2D eigenvalue weighted by atomic mass is 19.1. The Bertz CT molecular complexity index is 587. The Hall–Kier alpha value is -2.35. The average Bonchev–Trinajstić information content (AvgIpc) is 2.41. The van der Waals surface area contributed by atoms with Gasteiger partial charge in [0, 0.05) is 17.5 Å². The van der Waals surface area contributed by atoms with Crippen LogP contribution < -0.4 is 15.2 Å². The first kappa shape index (κ1) is 16.7. The number of aromatic carboxylic acids is 1. The van der Waals surface area contributed by atoms with Gasteiger partial charge in [-0.25, -0.2) is 9.18 Å². The molecule has 8 heteroatoms. The number of carbonyl (C=O) groups is 2. The molecular formula is C13H16FNO6. The maximum absolute atomic E-state index is 14.4. The zero-order valence-electron chi connectivity index (χ0n) is 11.8. The summed E-state index contributed by atoms with van der Waals surface area (Å²) < 4.78 is 24.3. The van der Waals surface area contributed by atoms with Crippen molar-refractivity contribution in [3.8, 4) is 11.5 Å². The molecule has 4 N–H and O–H groups in total. The fraction of sp³-hybridized carbons (Fsp3) is 0.385. The third-order valence-electron chi connectivity index (χ3n) is 3.05. The number of nitrogens with two attached hydrogens (primary N) is 1. The standard InChI is InChI=1S/C13H16FNO6/c1-5-8(13(18)19)6(4-7(15)12(16)17)9(14)11(21-3)10(5)20-2/h7H,4,15H2,1-3H3,(H,16,17)(H,18,19). The highest BCUT2D eigenvalue weighted by Gasteiger charge is 2.29. The molecule has 0 saturated carbocycles. The molecule has 0 bridgehead atoms. The summed E-state index contributed by atoms with van der Waals surface area (Å²) in [5.74, 6) is -4.10. The number of hydrogen-bond donors (Lipinski definition) is 3. The fourth-order valence-electron chi connectivity index (χ4n) is 2.07. The van der Waals surface area contributed by atoms with Crippen LogP contribution in [0.3, 0.4) is 0 Å². The van der Waals surface area contributed by atoms with Gasteiger partial charge in [-0.05, 0) is 6.92 Å². The van der Waals surface area contributed by atoms with Crippen LogP contribution in [0.4, 0.5) is 4.39 Å². The van der Waals surface area contributed by atoms with E-state index in [9.17, 15) is 19.1 Å². The minimum Gasteiger partial charge on any atom is -0.492 e. The van der Waals surface area contributed by atoms with Gasteiger partial charge >= 0.3 is 11.9 Å². The SMILES string of the molecule is COc1c(C)c(C(=O)O)c(CC(N)C(=O)O)c(F)c1OC. The first-order valence-corrected chi connectivity index (χ1v) is 5.90. The molecule has 0 aliphatic heterocycles. The second-order valence-electron chi connectivity index (χ2n) is 4.31. The molecule has 1 atom stereocenters. The van der Waals surface area contributed by atoms with E-state index < -0.39 is 30.2 Å². The first-order valence-electron chi connectivity index (χ1n) is 5.90. The maximum atomic E-state index is 14.4. The largest absolute Gasteiger partial charge is 0.492 e. The summed E-state index contributed by atoms with van der Waals surface area (Å²) >= 11 is 0. The number of benzene rings is 1. The van der Waals surface area contributed by atoms with Crippen LogP contribution in [-0.4, -0.2) is 42.4 Å². The smallest absolute Gasteiger partial charge is 0.336 e. The molecule has 0 spiro atoms. The number of aliphatic carboxylic acids is 1. The summed E-state index contributed by atoms with van der Waals surface area (Å²) in [6.07, 6.45) is -0.482. The van der Waals surface area contributed by atoms with Crippen molar-refractivity contribution in [3.05, 3.63) is 22.5 Å². The van der Waals surface area contributed by atoms with Crippen LogP contribution in [0.25, 0.3) is 0 Å². The molecule has 1 unspecified atom stereocenters. The maximum Gasteiger partial charge on any atom is 0.336 e. The minimum absolute atomic E-state index is 0.0555. The van der Waals surface area contributed by atoms with Gasteiger partial charge in [0.25, 0.3) is 0 Å². The zero-order chi connectivity index (χ0) is 16.3. The topological polar surface area (TPSA) is 119 Å². The van der Waals surface area contributed by atoms with E-state index >= 15 is 0 Å². The number of hydrogen-bond acceptors (Lipinski definition) is 5. The number of carboxylic acids is 2. The van der Waals surface area contributed by atoms with E-state index in [0.29, 0.717) is 0 Å². The fourth-order valence-corrected chi connectivity index (χ4v) is 2.07. The van der Waals surface area contributed by atoms with Crippen molar-refractivity contribution >= 4 is 11.9 Å². The van der Waals surface area contributed by atoms with Crippen molar-refractivity contribution in [3.63, 3.8) is 0 Å². The van der Waals surface area contributed by atoms with E-state index in [1.54, 1.807) is 0 Å². The van der Waals surface area contributed by atoms with E-state index in [2.05, 4.69) is 0 Å². The summed E-state index contributed by atoms with van der Waals surface area (Å²) in [4.78, 5) is 22.2. The molecule has 1 aromatic rings. The summed E-state index contributed by atoms with van der Waals surface area (Å²) in [7, 11) is 2.44. The second kappa shape index (κ2) is 6.40. The van der Waals surface area contributed by atoms with Gasteiger partial charge in [0.1, 0.15) is 6.04 Å². The molecule has 0 radical (unpaired) electrons. The van der Waals surface area contributed by atoms with E-state index in [4.69, 9.17) is 20.3 Å². The Morgan fingerprint density at radius 2 is 1.76 bits per heavy atom. The summed E-state index contributed by atoms with van der Waals surface area (Å²) in [5, 5.41) is 18.1. The van der Waals surface area contributed by atoms with Crippen molar-refractivity contribution in [2.45, 2.75) is 19.4 Å². The molecule has 0 heterocycles. The molecular weight excluding hydrogens is 285 g/mol. The Morgan fingerprint density at radius 1 is 1.24 bits per heavy atom. The predicted molar refractivity (Wildman–Crippen MR) is 70.5 cm³/mol. The molecule has 21 heavy (non-hydrogen) atoms. The number of methoxy groups -OCH3 is 2. The van der Waals surface area contributed by atoms with E-state index in [1.807, 2.05) is 0 Å². The normalized spacial score (nSPS) is 11.9. The minimum atomic E-state index is -1.44. The summed E-state index contributed by atoms with van der Waals surface area (Å²) in [6, 6.07) is -1.44. The van der Waals surface area contributed by atoms with Crippen LogP contribution >= 0.6 is 0 Å². The third kappa shape index (κ3) is 3.05. The Labute approximate surface area is 120 Å². The molecule has 1 rings (SSSR count). The molecule has 0 fully saturated rings. The van der Waals surface area contributed by atoms with Gasteiger partial charge in [0.05, 0.1) is 19.8 Å². The molecule has 7 nitrogen and oxygen atoms in total. The van der Waals surface area contributed by atoms with Crippen molar-refractivity contribution < 1.29 is 33.7 Å². The quantitative estimate of drug-likeness (QED) is 0.711. The lowest BCUT2D eigenvalue weighted by molar-refractivity contribution is -0.138. The highest BCUT2D eigenvalue weighted by molar-refractivity contribution is 5.93. The van der Waals surface area contributed by atoms with Crippen molar-refractivity contribution in [2.24, 2.45) is 5.73 Å². The Balaban J connectivity index is 3.64. The number of rotatable bonds is 6. The monoisotopic (exact) mass is 301 g/mol. The molecule has 0 aliphatic rings. The van der Waals surface area contributed by atoms with Gasteiger partial charge in [0.15, 0.2) is 17.3 Å². The van der Waals surface area contributed by atoms with Gasteiger partial charge < -0.3 is 25.4 Å². The van der Waals surface area contributed by atoms with Gasteiger partial charge in [-0.3, -0.25) is 4.79 Å². The van der Waals surface area contributed by atoms with Crippen LogP contribution in [0, 0.1) is 12.7 Å². The molecule has 0 amide bonds. The lowest BCUT2D eigenvalue weighted by atomic mass is 9.94. The lowest BCUT2D eigenvalue weighted by Crippen LogP contribution is -2.33. The predicted octanol–water partition coefficient (Wildman–Crippen LogP) is 0.804. The van der Waals surface area contributed by atoms with Crippen LogP contribution in [0.1, 0.15) is 21.5 Å².